The first-order chi connectivity index (χ1) is 5.86. The van der Waals surface area contributed by atoms with Crippen molar-refractivity contribution in [2.24, 2.45) is 5.92 Å². The first-order valence-corrected chi connectivity index (χ1v) is 5.59. The average Bonchev–Trinajstić information content (AvgIpc) is 2.50. The molecule has 0 amide bonds. The summed E-state index contributed by atoms with van der Waals surface area (Å²) in [7, 11) is 0. The third-order valence-corrected chi connectivity index (χ3v) is 2.88. The lowest BCUT2D eigenvalue weighted by molar-refractivity contribution is 0.320. The third kappa shape index (κ3) is 3.14. The normalized spacial score (nSPS) is 25.0. The summed E-state index contributed by atoms with van der Waals surface area (Å²) < 4.78 is 0. The van der Waals surface area contributed by atoms with Crippen molar-refractivity contribution in [1.82, 2.24) is 4.90 Å². The molecule has 1 saturated heterocycles. The van der Waals surface area contributed by atoms with E-state index in [0.29, 0.717) is 0 Å². The van der Waals surface area contributed by atoms with Gasteiger partial charge < -0.3 is 4.90 Å². The van der Waals surface area contributed by atoms with Crippen molar-refractivity contribution in [3.05, 3.63) is 0 Å². The van der Waals surface area contributed by atoms with Crippen LogP contribution in [0.3, 0.4) is 0 Å². The van der Waals surface area contributed by atoms with Crippen LogP contribution in [0, 0.1) is 5.92 Å². The van der Waals surface area contributed by atoms with E-state index in [9.17, 15) is 0 Å². The molecular weight excluding hydrogens is 146 g/mol. The van der Waals surface area contributed by atoms with Crippen LogP contribution in [0.4, 0.5) is 0 Å². The van der Waals surface area contributed by atoms with Crippen LogP contribution >= 0.6 is 0 Å². The van der Waals surface area contributed by atoms with Crippen LogP contribution < -0.4 is 0 Å². The molecule has 0 aromatic carbocycles. The molecule has 0 saturated carbocycles. The molecule has 1 unspecified atom stereocenters. The molecule has 72 valence electrons. The minimum atomic E-state index is 1.02. The van der Waals surface area contributed by atoms with Crippen molar-refractivity contribution in [2.75, 3.05) is 19.6 Å². The summed E-state index contributed by atoms with van der Waals surface area (Å²) in [5.74, 6) is 1.02. The average molecular weight is 169 g/mol. The molecule has 0 bridgehead atoms. The molecule has 0 N–H and O–H groups in total. The van der Waals surface area contributed by atoms with Crippen LogP contribution in [0.2, 0.25) is 0 Å². The van der Waals surface area contributed by atoms with Crippen molar-refractivity contribution < 1.29 is 0 Å². The Bertz CT molecular complexity index is 112. The fourth-order valence-electron chi connectivity index (χ4n) is 2.16. The monoisotopic (exact) mass is 169 g/mol. The molecule has 1 aliphatic rings. The molecule has 1 heterocycles. The Kier molecular flexibility index (Phi) is 4.67. The highest BCUT2D eigenvalue weighted by atomic mass is 15.1. The van der Waals surface area contributed by atoms with Crippen LogP contribution in [0.1, 0.15) is 46.0 Å². The van der Waals surface area contributed by atoms with Gasteiger partial charge in [0.1, 0.15) is 0 Å². The number of hydrogen-bond acceptors (Lipinski definition) is 1. The van der Waals surface area contributed by atoms with Crippen LogP contribution in [-0.4, -0.2) is 24.5 Å². The van der Waals surface area contributed by atoms with Gasteiger partial charge in [0, 0.05) is 6.54 Å². The van der Waals surface area contributed by atoms with Crippen molar-refractivity contribution >= 4 is 0 Å². The zero-order valence-electron chi connectivity index (χ0n) is 8.68. The van der Waals surface area contributed by atoms with E-state index in [1.807, 2.05) is 0 Å². The smallest absolute Gasteiger partial charge is 0.00101 e. The third-order valence-electron chi connectivity index (χ3n) is 2.88. The Hall–Kier alpha value is -0.0400. The van der Waals surface area contributed by atoms with Gasteiger partial charge in [-0.2, -0.15) is 0 Å². The minimum Gasteiger partial charge on any atom is -0.303 e. The maximum atomic E-state index is 2.63. The molecular formula is C11H23N. The zero-order valence-corrected chi connectivity index (χ0v) is 8.68. The molecule has 0 aromatic heterocycles. The molecule has 1 nitrogen and oxygen atoms in total. The predicted molar refractivity (Wildman–Crippen MR) is 54.4 cm³/mol. The maximum Gasteiger partial charge on any atom is 0.00101 e. The van der Waals surface area contributed by atoms with E-state index in [4.69, 9.17) is 0 Å². The van der Waals surface area contributed by atoms with Crippen LogP contribution in [0.25, 0.3) is 0 Å². The van der Waals surface area contributed by atoms with Gasteiger partial charge in [0.2, 0.25) is 0 Å². The number of rotatable bonds is 5. The second-order valence-corrected chi connectivity index (χ2v) is 4.10. The highest BCUT2D eigenvalue weighted by Crippen LogP contribution is 2.21. The molecule has 0 aliphatic carbocycles. The molecule has 0 spiro atoms. The lowest BCUT2D eigenvalue weighted by atomic mass is 10.0. The topological polar surface area (TPSA) is 3.24 Å². The first kappa shape index (κ1) is 10.0. The van der Waals surface area contributed by atoms with Gasteiger partial charge in [-0.3, -0.25) is 0 Å². The standard InChI is InChI=1S/C11H23N/c1-3-5-6-11-7-9-12(10-11)8-4-2/h11H,3-10H2,1-2H3. The van der Waals surface area contributed by atoms with Crippen molar-refractivity contribution in [2.45, 2.75) is 46.0 Å². The summed E-state index contributed by atoms with van der Waals surface area (Å²) in [5.41, 5.74) is 0. The van der Waals surface area contributed by atoms with E-state index >= 15 is 0 Å². The fourth-order valence-corrected chi connectivity index (χ4v) is 2.16. The van der Waals surface area contributed by atoms with E-state index in [1.165, 1.54) is 51.7 Å². The fraction of sp³-hybridized carbons (Fsp3) is 1.00. The number of likely N-dealkylation sites (tertiary alicyclic amines) is 1. The van der Waals surface area contributed by atoms with E-state index in [1.54, 1.807) is 0 Å². The number of unbranched alkanes of at least 4 members (excludes halogenated alkanes) is 1. The Balaban J connectivity index is 2.08. The number of nitrogens with zero attached hydrogens (tertiary/aromatic N) is 1. The molecule has 12 heavy (non-hydrogen) atoms. The summed E-state index contributed by atoms with van der Waals surface area (Å²) in [6, 6.07) is 0. The lowest BCUT2D eigenvalue weighted by Crippen LogP contribution is -2.21. The van der Waals surface area contributed by atoms with Gasteiger partial charge in [-0.05, 0) is 38.3 Å². The quantitative estimate of drug-likeness (QED) is 0.611. The Morgan fingerprint density at radius 3 is 2.75 bits per heavy atom. The molecule has 1 fully saturated rings. The van der Waals surface area contributed by atoms with Crippen LogP contribution in [-0.2, 0) is 0 Å². The second kappa shape index (κ2) is 5.58. The highest BCUT2D eigenvalue weighted by molar-refractivity contribution is 4.74. The summed E-state index contributed by atoms with van der Waals surface area (Å²) in [6.07, 6.45) is 7.05. The Labute approximate surface area is 77.1 Å². The number of hydrogen-bond donors (Lipinski definition) is 0. The van der Waals surface area contributed by atoms with Gasteiger partial charge in [-0.1, -0.05) is 26.7 Å². The molecule has 1 rings (SSSR count). The lowest BCUT2D eigenvalue weighted by Gasteiger charge is -2.14. The van der Waals surface area contributed by atoms with Crippen LogP contribution in [0.5, 0.6) is 0 Å². The molecule has 0 radical (unpaired) electrons. The van der Waals surface area contributed by atoms with E-state index in [-0.39, 0.29) is 0 Å². The van der Waals surface area contributed by atoms with Crippen LogP contribution in [0.15, 0.2) is 0 Å². The van der Waals surface area contributed by atoms with Gasteiger partial charge in [0.05, 0.1) is 0 Å². The van der Waals surface area contributed by atoms with Gasteiger partial charge in [0.15, 0.2) is 0 Å². The van der Waals surface area contributed by atoms with Gasteiger partial charge in [-0.25, -0.2) is 0 Å². The summed E-state index contributed by atoms with van der Waals surface area (Å²) in [5, 5.41) is 0. The van der Waals surface area contributed by atoms with E-state index < -0.39 is 0 Å². The van der Waals surface area contributed by atoms with Gasteiger partial charge in [-0.15, -0.1) is 0 Å². The SMILES string of the molecule is CCCCC1CCN(CCC)C1. The molecule has 0 aromatic rings. The largest absolute Gasteiger partial charge is 0.303 e. The maximum absolute atomic E-state index is 2.63. The first-order valence-electron chi connectivity index (χ1n) is 5.59. The molecule has 1 heteroatoms. The minimum absolute atomic E-state index is 1.02. The summed E-state index contributed by atoms with van der Waals surface area (Å²) >= 11 is 0. The summed E-state index contributed by atoms with van der Waals surface area (Å²) in [6.45, 7) is 8.64. The highest BCUT2D eigenvalue weighted by Gasteiger charge is 2.20. The van der Waals surface area contributed by atoms with Gasteiger partial charge in [0.25, 0.3) is 0 Å². The predicted octanol–water partition coefficient (Wildman–Crippen LogP) is 2.91. The summed E-state index contributed by atoms with van der Waals surface area (Å²) in [4.78, 5) is 2.63. The van der Waals surface area contributed by atoms with Crippen molar-refractivity contribution in [1.29, 1.82) is 0 Å². The Morgan fingerprint density at radius 2 is 2.08 bits per heavy atom. The van der Waals surface area contributed by atoms with Crippen molar-refractivity contribution in [3.63, 3.8) is 0 Å². The molecule has 1 atom stereocenters. The Morgan fingerprint density at radius 1 is 1.25 bits per heavy atom. The molecule has 1 aliphatic heterocycles. The van der Waals surface area contributed by atoms with Gasteiger partial charge >= 0.3 is 0 Å². The van der Waals surface area contributed by atoms with E-state index in [2.05, 4.69) is 18.7 Å². The second-order valence-electron chi connectivity index (χ2n) is 4.10. The zero-order chi connectivity index (χ0) is 8.81. The van der Waals surface area contributed by atoms with E-state index in [0.717, 1.165) is 5.92 Å². The van der Waals surface area contributed by atoms with Crippen molar-refractivity contribution in [3.8, 4) is 0 Å².